The first-order chi connectivity index (χ1) is 8.77. The molecule has 0 unspecified atom stereocenters. The van der Waals surface area contributed by atoms with E-state index in [1.807, 2.05) is 30.3 Å². The van der Waals surface area contributed by atoms with Gasteiger partial charge >= 0.3 is 0 Å². The predicted molar refractivity (Wildman–Crippen MR) is 75.3 cm³/mol. The molecule has 18 heavy (non-hydrogen) atoms. The number of thiocarbonyl (C=S) groups is 1. The summed E-state index contributed by atoms with van der Waals surface area (Å²) in [7, 11) is 0. The summed E-state index contributed by atoms with van der Waals surface area (Å²) in [6, 6.07) is 9.74. The zero-order chi connectivity index (χ0) is 12.5. The third-order valence-electron chi connectivity index (χ3n) is 3.50. The Morgan fingerprint density at radius 3 is 2.67 bits per heavy atom. The molecule has 1 aliphatic heterocycles. The van der Waals surface area contributed by atoms with Gasteiger partial charge in [-0.15, -0.1) is 0 Å². The maximum atomic E-state index is 12.5. The molecule has 1 saturated heterocycles. The summed E-state index contributed by atoms with van der Waals surface area (Å²) in [5, 5.41) is 3.80. The number of hydrogen-bond donors (Lipinski definition) is 1. The molecule has 92 valence electrons. The van der Waals surface area contributed by atoms with Crippen LogP contribution in [0.4, 0.5) is 5.69 Å². The first kappa shape index (κ1) is 11.4. The van der Waals surface area contributed by atoms with E-state index in [1.165, 1.54) is 0 Å². The van der Waals surface area contributed by atoms with Gasteiger partial charge in [0.25, 0.3) is 0 Å². The second-order valence-corrected chi connectivity index (χ2v) is 5.00. The standard InChI is InChI=1S/C14H14N2OS/c17-13-11-8-4-5-9-12(11)15-14(18)16(13)10-6-2-1-3-7-10/h1-7,11-12H,8-9H2,(H,15,18)/t11-,12+/m0/s1. The lowest BCUT2D eigenvalue weighted by molar-refractivity contribution is -0.122. The molecule has 1 aliphatic carbocycles. The van der Waals surface area contributed by atoms with E-state index >= 15 is 0 Å². The maximum Gasteiger partial charge on any atom is 0.238 e. The van der Waals surface area contributed by atoms with Crippen LogP contribution in [0.2, 0.25) is 0 Å². The zero-order valence-electron chi connectivity index (χ0n) is 9.87. The molecular formula is C14H14N2OS. The summed E-state index contributed by atoms with van der Waals surface area (Å²) in [4.78, 5) is 14.2. The van der Waals surface area contributed by atoms with Crippen molar-refractivity contribution in [3.05, 3.63) is 42.5 Å². The second-order valence-electron chi connectivity index (χ2n) is 4.61. The maximum absolute atomic E-state index is 12.5. The number of para-hydroxylation sites is 1. The number of hydrogen-bond acceptors (Lipinski definition) is 2. The van der Waals surface area contributed by atoms with Gasteiger partial charge in [-0.25, -0.2) is 0 Å². The topological polar surface area (TPSA) is 32.3 Å². The molecule has 3 rings (SSSR count). The van der Waals surface area contributed by atoms with Gasteiger partial charge in [0, 0.05) is 6.04 Å². The van der Waals surface area contributed by atoms with Crippen LogP contribution in [0.5, 0.6) is 0 Å². The van der Waals surface area contributed by atoms with Crippen LogP contribution >= 0.6 is 12.2 Å². The highest BCUT2D eigenvalue weighted by Crippen LogP contribution is 2.28. The summed E-state index contributed by atoms with van der Waals surface area (Å²) in [6.07, 6.45) is 5.86. The molecular weight excluding hydrogens is 244 g/mol. The number of allylic oxidation sites excluding steroid dienone is 1. The Morgan fingerprint density at radius 1 is 1.17 bits per heavy atom. The molecule has 0 bridgehead atoms. The number of benzene rings is 1. The molecule has 0 aromatic heterocycles. The Bertz CT molecular complexity index is 512. The van der Waals surface area contributed by atoms with Crippen molar-refractivity contribution in [3.63, 3.8) is 0 Å². The molecule has 3 nitrogen and oxygen atoms in total. The quantitative estimate of drug-likeness (QED) is 0.619. The van der Waals surface area contributed by atoms with E-state index < -0.39 is 0 Å². The summed E-state index contributed by atoms with van der Waals surface area (Å²) in [5.41, 5.74) is 0.841. The average molecular weight is 258 g/mol. The molecule has 1 aromatic carbocycles. The Morgan fingerprint density at radius 2 is 1.89 bits per heavy atom. The lowest BCUT2D eigenvalue weighted by Gasteiger charge is -2.40. The van der Waals surface area contributed by atoms with Gasteiger partial charge < -0.3 is 5.32 Å². The van der Waals surface area contributed by atoms with E-state index in [0.29, 0.717) is 5.11 Å². The van der Waals surface area contributed by atoms with Gasteiger partial charge in [-0.3, -0.25) is 9.69 Å². The highest BCUT2D eigenvalue weighted by Gasteiger charge is 2.39. The fourth-order valence-corrected chi connectivity index (χ4v) is 2.90. The highest BCUT2D eigenvalue weighted by molar-refractivity contribution is 7.80. The predicted octanol–water partition coefficient (Wildman–Crippen LogP) is 2.24. The van der Waals surface area contributed by atoms with Crippen LogP contribution < -0.4 is 10.2 Å². The number of fused-ring (bicyclic) bond motifs is 1. The van der Waals surface area contributed by atoms with Crippen molar-refractivity contribution < 1.29 is 4.79 Å². The van der Waals surface area contributed by atoms with E-state index in [9.17, 15) is 4.79 Å². The zero-order valence-corrected chi connectivity index (χ0v) is 10.7. The Balaban J connectivity index is 1.94. The van der Waals surface area contributed by atoms with E-state index in [0.717, 1.165) is 18.5 Å². The van der Waals surface area contributed by atoms with Crippen molar-refractivity contribution in [1.82, 2.24) is 5.32 Å². The van der Waals surface area contributed by atoms with Crippen molar-refractivity contribution in [2.45, 2.75) is 18.9 Å². The van der Waals surface area contributed by atoms with E-state index in [2.05, 4.69) is 17.5 Å². The summed E-state index contributed by atoms with van der Waals surface area (Å²) in [6.45, 7) is 0. The molecule has 1 amide bonds. The number of carbonyl (C=O) groups is 1. The molecule has 2 aliphatic rings. The Labute approximate surface area is 111 Å². The lowest BCUT2D eigenvalue weighted by atomic mass is 9.86. The number of amides is 1. The molecule has 0 radical (unpaired) electrons. The molecule has 1 heterocycles. The van der Waals surface area contributed by atoms with Crippen molar-refractivity contribution in [2.24, 2.45) is 5.92 Å². The largest absolute Gasteiger partial charge is 0.358 e. The molecule has 4 heteroatoms. The minimum Gasteiger partial charge on any atom is -0.358 e. The lowest BCUT2D eigenvalue weighted by Crippen LogP contribution is -2.60. The number of nitrogens with zero attached hydrogens (tertiary/aromatic N) is 1. The van der Waals surface area contributed by atoms with Crippen LogP contribution in [0.25, 0.3) is 0 Å². The third kappa shape index (κ3) is 1.82. The van der Waals surface area contributed by atoms with Crippen molar-refractivity contribution in [2.75, 3.05) is 4.90 Å². The molecule has 2 atom stereocenters. The minimum atomic E-state index is 0.00176. The number of anilines is 1. The first-order valence-corrected chi connectivity index (χ1v) is 6.53. The average Bonchev–Trinajstić information content (AvgIpc) is 2.40. The van der Waals surface area contributed by atoms with Crippen LogP contribution in [0.1, 0.15) is 12.8 Å². The normalized spacial score (nSPS) is 26.8. The fraction of sp³-hybridized carbons (Fsp3) is 0.286. The molecule has 1 aromatic rings. The molecule has 1 N–H and O–H groups in total. The van der Waals surface area contributed by atoms with Crippen molar-refractivity contribution in [3.8, 4) is 0 Å². The van der Waals surface area contributed by atoms with Gasteiger partial charge in [-0.05, 0) is 37.2 Å². The van der Waals surface area contributed by atoms with Gasteiger partial charge in [-0.2, -0.15) is 0 Å². The van der Waals surface area contributed by atoms with Gasteiger partial charge in [-0.1, -0.05) is 30.4 Å². The SMILES string of the molecule is O=C1[C@H]2CC=CC[C@H]2NC(=S)N1c1ccccc1. The molecule has 0 spiro atoms. The summed E-state index contributed by atoms with van der Waals surface area (Å²) in [5.74, 6) is 0.112. The van der Waals surface area contributed by atoms with Gasteiger partial charge in [0.05, 0.1) is 11.6 Å². The van der Waals surface area contributed by atoms with E-state index in [4.69, 9.17) is 12.2 Å². The van der Waals surface area contributed by atoms with Crippen LogP contribution in [-0.2, 0) is 4.79 Å². The summed E-state index contributed by atoms with van der Waals surface area (Å²) >= 11 is 5.32. The number of carbonyl (C=O) groups excluding carboxylic acids is 1. The molecule has 1 fully saturated rings. The van der Waals surface area contributed by atoms with Crippen LogP contribution in [0, 0.1) is 5.92 Å². The van der Waals surface area contributed by atoms with E-state index in [1.54, 1.807) is 4.90 Å². The minimum absolute atomic E-state index is 0.00176. The van der Waals surface area contributed by atoms with Crippen molar-refractivity contribution >= 4 is 28.9 Å². The van der Waals surface area contributed by atoms with E-state index in [-0.39, 0.29) is 17.9 Å². The number of nitrogens with one attached hydrogen (secondary N) is 1. The van der Waals surface area contributed by atoms with Crippen LogP contribution in [0.3, 0.4) is 0 Å². The Hall–Kier alpha value is -1.68. The molecule has 0 saturated carbocycles. The highest BCUT2D eigenvalue weighted by atomic mass is 32.1. The Kier molecular flexibility index (Phi) is 2.88. The van der Waals surface area contributed by atoms with Gasteiger partial charge in [0.15, 0.2) is 5.11 Å². The summed E-state index contributed by atoms with van der Waals surface area (Å²) < 4.78 is 0. The van der Waals surface area contributed by atoms with Gasteiger partial charge in [0.2, 0.25) is 5.91 Å². The number of rotatable bonds is 1. The van der Waals surface area contributed by atoms with Crippen LogP contribution in [-0.4, -0.2) is 17.1 Å². The van der Waals surface area contributed by atoms with Crippen molar-refractivity contribution in [1.29, 1.82) is 0 Å². The smallest absolute Gasteiger partial charge is 0.238 e. The third-order valence-corrected chi connectivity index (χ3v) is 3.80. The fourth-order valence-electron chi connectivity index (χ4n) is 2.56. The van der Waals surface area contributed by atoms with Crippen LogP contribution in [0.15, 0.2) is 42.5 Å². The first-order valence-electron chi connectivity index (χ1n) is 6.12. The van der Waals surface area contributed by atoms with Gasteiger partial charge in [0.1, 0.15) is 0 Å². The second kappa shape index (κ2) is 4.53. The monoisotopic (exact) mass is 258 g/mol.